The number of benzene rings is 2. The number of anilines is 1. The predicted octanol–water partition coefficient (Wildman–Crippen LogP) is 4.50. The molecule has 41 heavy (non-hydrogen) atoms. The minimum Gasteiger partial charge on any atom is -0.353 e. The lowest BCUT2D eigenvalue weighted by molar-refractivity contribution is 0.0735. The molecule has 2 fully saturated rings. The molecule has 2 N–H and O–H groups in total. The van der Waals surface area contributed by atoms with Crippen LogP contribution in [0.5, 0.6) is 0 Å². The Kier molecular flexibility index (Phi) is 8.33. The molecule has 4 heterocycles. The summed E-state index contributed by atoms with van der Waals surface area (Å²) in [5.74, 6) is 0.886. The molecule has 2 aliphatic rings. The quantitative estimate of drug-likeness (QED) is 0.380. The molecule has 0 radical (unpaired) electrons. The van der Waals surface area contributed by atoms with E-state index in [1.165, 1.54) is 0 Å². The molecule has 0 aliphatic carbocycles. The fourth-order valence-electron chi connectivity index (χ4n) is 6.22. The first-order valence-electron chi connectivity index (χ1n) is 14.1. The number of rotatable bonds is 5. The molecular weight excluding hydrogens is 536 g/mol. The van der Waals surface area contributed by atoms with Gasteiger partial charge in [0.2, 0.25) is 0 Å². The zero-order valence-electron chi connectivity index (χ0n) is 23.6. The molecule has 2 aliphatic heterocycles. The maximum Gasteiger partial charge on any atom is 0.256 e. The fraction of sp³-hybridized carbons (Fsp3) is 0.344. The number of pyridine rings is 1. The molecule has 2 aromatic heterocycles. The molecular formula is C32H37ClN6O2. The summed E-state index contributed by atoms with van der Waals surface area (Å²) in [4.78, 5) is 37.7. The van der Waals surface area contributed by atoms with Crippen molar-refractivity contribution < 1.29 is 9.59 Å². The zero-order chi connectivity index (χ0) is 27.8. The maximum absolute atomic E-state index is 14.1. The van der Waals surface area contributed by atoms with Gasteiger partial charge in [0.25, 0.3) is 11.8 Å². The standard InChI is InChI=1S/C32H36N6O2.ClH/c1-22-10-12-27-26(19-22)29(30(35(27)2)23-7-4-3-5-8-23)32(40)37-17-15-36(16-18-37)28-13-11-24(21-34-28)31(39)38-14-6-9-25(38)20-33;/h3-5,7-8,10-13,19,21,25H,6,9,14-18,20,33H2,1-2H3;1H/t25-;/m0./s1. The monoisotopic (exact) mass is 572 g/mol. The number of hydrogen-bond acceptors (Lipinski definition) is 5. The lowest BCUT2D eigenvalue weighted by atomic mass is 10.0. The highest BCUT2D eigenvalue weighted by molar-refractivity contribution is 6.13. The highest BCUT2D eigenvalue weighted by Crippen LogP contribution is 2.35. The number of hydrogen-bond donors (Lipinski definition) is 1. The van der Waals surface area contributed by atoms with Crippen LogP contribution in [0, 0.1) is 6.92 Å². The molecule has 2 saturated heterocycles. The Hall–Kier alpha value is -3.88. The van der Waals surface area contributed by atoms with E-state index in [0.29, 0.717) is 38.3 Å². The second-order valence-corrected chi connectivity index (χ2v) is 10.9. The Bertz CT molecular complexity index is 1540. The Balaban J connectivity index is 0.00000337. The van der Waals surface area contributed by atoms with E-state index in [4.69, 9.17) is 5.73 Å². The Morgan fingerprint density at radius 1 is 0.951 bits per heavy atom. The first kappa shape index (κ1) is 28.6. The van der Waals surface area contributed by atoms with Crippen LogP contribution >= 0.6 is 12.4 Å². The van der Waals surface area contributed by atoms with Crippen molar-refractivity contribution in [2.45, 2.75) is 25.8 Å². The maximum atomic E-state index is 14.1. The van der Waals surface area contributed by atoms with E-state index in [1.807, 2.05) is 47.2 Å². The summed E-state index contributed by atoms with van der Waals surface area (Å²) < 4.78 is 2.14. The number of piperazine rings is 1. The smallest absolute Gasteiger partial charge is 0.256 e. The number of likely N-dealkylation sites (tertiary alicyclic amines) is 1. The van der Waals surface area contributed by atoms with E-state index in [9.17, 15) is 9.59 Å². The number of amides is 2. The van der Waals surface area contributed by atoms with Crippen LogP contribution in [0.3, 0.4) is 0 Å². The summed E-state index contributed by atoms with van der Waals surface area (Å²) in [5.41, 5.74) is 11.4. The van der Waals surface area contributed by atoms with E-state index in [1.54, 1.807) is 6.20 Å². The Morgan fingerprint density at radius 3 is 2.39 bits per heavy atom. The van der Waals surface area contributed by atoms with Gasteiger partial charge in [0.15, 0.2) is 0 Å². The lowest BCUT2D eigenvalue weighted by Gasteiger charge is -2.35. The highest BCUT2D eigenvalue weighted by atomic mass is 35.5. The van der Waals surface area contributed by atoms with Gasteiger partial charge in [-0.05, 0) is 49.6 Å². The third kappa shape index (κ3) is 5.29. The van der Waals surface area contributed by atoms with Gasteiger partial charge in [0, 0.05) is 69.5 Å². The number of halogens is 1. The lowest BCUT2D eigenvalue weighted by Crippen LogP contribution is -2.49. The molecule has 1 atom stereocenters. The molecule has 8 nitrogen and oxygen atoms in total. The fourth-order valence-corrected chi connectivity index (χ4v) is 6.22. The summed E-state index contributed by atoms with van der Waals surface area (Å²) >= 11 is 0. The number of fused-ring (bicyclic) bond motifs is 1. The molecule has 0 spiro atoms. The van der Waals surface area contributed by atoms with Crippen molar-refractivity contribution in [3.8, 4) is 11.3 Å². The van der Waals surface area contributed by atoms with Crippen LogP contribution < -0.4 is 10.6 Å². The van der Waals surface area contributed by atoms with Gasteiger partial charge in [0.1, 0.15) is 5.82 Å². The number of aromatic nitrogens is 2. The highest BCUT2D eigenvalue weighted by Gasteiger charge is 2.30. The first-order valence-corrected chi connectivity index (χ1v) is 14.1. The van der Waals surface area contributed by atoms with Crippen molar-refractivity contribution in [3.05, 3.63) is 83.6 Å². The van der Waals surface area contributed by atoms with Gasteiger partial charge >= 0.3 is 0 Å². The predicted molar refractivity (Wildman–Crippen MR) is 166 cm³/mol. The molecule has 6 rings (SSSR count). The van der Waals surface area contributed by atoms with Gasteiger partial charge in [-0.3, -0.25) is 9.59 Å². The second kappa shape index (κ2) is 11.9. The van der Waals surface area contributed by atoms with E-state index >= 15 is 0 Å². The number of nitrogens with zero attached hydrogens (tertiary/aromatic N) is 5. The normalized spacial score (nSPS) is 17.1. The molecule has 2 aromatic carbocycles. The van der Waals surface area contributed by atoms with Crippen molar-refractivity contribution in [2.24, 2.45) is 12.8 Å². The summed E-state index contributed by atoms with van der Waals surface area (Å²) in [6, 6.07) is 20.4. The van der Waals surface area contributed by atoms with Gasteiger partial charge < -0.3 is 25.0 Å². The van der Waals surface area contributed by atoms with Gasteiger partial charge in [-0.15, -0.1) is 12.4 Å². The topological polar surface area (TPSA) is 87.7 Å². The molecule has 9 heteroatoms. The molecule has 0 unspecified atom stereocenters. The van der Waals surface area contributed by atoms with Gasteiger partial charge in [-0.2, -0.15) is 0 Å². The second-order valence-electron chi connectivity index (χ2n) is 10.9. The SMILES string of the molecule is Cc1ccc2c(c1)c(C(=O)N1CCN(c3ccc(C(=O)N4CCC[C@H]4CN)cn3)CC1)c(-c1ccccc1)n2C.Cl. The van der Waals surface area contributed by atoms with Crippen LogP contribution in [0.15, 0.2) is 66.9 Å². The van der Waals surface area contributed by atoms with E-state index in [-0.39, 0.29) is 30.3 Å². The van der Waals surface area contributed by atoms with Crippen molar-refractivity contribution in [3.63, 3.8) is 0 Å². The summed E-state index contributed by atoms with van der Waals surface area (Å²) in [6.07, 6.45) is 3.63. The van der Waals surface area contributed by atoms with Crippen LogP contribution in [0.25, 0.3) is 22.2 Å². The van der Waals surface area contributed by atoms with Crippen LogP contribution in [0.1, 0.15) is 39.1 Å². The Labute approximate surface area is 247 Å². The number of carbonyl (C=O) groups is 2. The van der Waals surface area contributed by atoms with Crippen molar-refractivity contribution in [1.82, 2.24) is 19.4 Å². The van der Waals surface area contributed by atoms with E-state index < -0.39 is 0 Å². The van der Waals surface area contributed by atoms with Crippen molar-refractivity contribution in [2.75, 3.05) is 44.2 Å². The van der Waals surface area contributed by atoms with Gasteiger partial charge in [-0.25, -0.2) is 4.98 Å². The largest absolute Gasteiger partial charge is 0.353 e. The van der Waals surface area contributed by atoms with Crippen LogP contribution in [-0.2, 0) is 7.05 Å². The molecule has 214 valence electrons. The summed E-state index contributed by atoms with van der Waals surface area (Å²) in [6.45, 7) is 5.87. The van der Waals surface area contributed by atoms with Crippen LogP contribution in [0.4, 0.5) is 5.82 Å². The number of nitrogens with two attached hydrogens (primary N) is 1. The first-order chi connectivity index (χ1) is 19.5. The van der Waals surface area contributed by atoms with E-state index in [2.05, 4.69) is 51.7 Å². The van der Waals surface area contributed by atoms with Crippen LogP contribution in [-0.4, -0.2) is 76.5 Å². The van der Waals surface area contributed by atoms with Gasteiger partial charge in [-0.1, -0.05) is 42.0 Å². The third-order valence-corrected chi connectivity index (χ3v) is 8.41. The minimum atomic E-state index is 0. The summed E-state index contributed by atoms with van der Waals surface area (Å²) in [7, 11) is 2.04. The summed E-state index contributed by atoms with van der Waals surface area (Å²) in [5, 5.41) is 0.991. The minimum absolute atomic E-state index is 0. The zero-order valence-corrected chi connectivity index (χ0v) is 24.4. The number of carbonyl (C=O) groups excluding carboxylic acids is 2. The molecule has 4 aromatic rings. The third-order valence-electron chi connectivity index (χ3n) is 8.41. The molecule has 0 saturated carbocycles. The van der Waals surface area contributed by atoms with Crippen molar-refractivity contribution >= 4 is 40.9 Å². The van der Waals surface area contributed by atoms with Crippen molar-refractivity contribution in [1.29, 1.82) is 0 Å². The number of aryl methyl sites for hydroxylation is 2. The Morgan fingerprint density at radius 2 is 1.71 bits per heavy atom. The average Bonchev–Trinajstić information content (AvgIpc) is 3.59. The van der Waals surface area contributed by atoms with Crippen LogP contribution in [0.2, 0.25) is 0 Å². The van der Waals surface area contributed by atoms with E-state index in [0.717, 1.165) is 58.5 Å². The molecule has 2 amide bonds. The average molecular weight is 573 g/mol. The molecule has 0 bridgehead atoms. The van der Waals surface area contributed by atoms with Gasteiger partial charge in [0.05, 0.1) is 16.8 Å².